The molecule has 1 aliphatic rings. The van der Waals surface area contributed by atoms with Crippen LogP contribution in [0.3, 0.4) is 0 Å². The monoisotopic (exact) mass is 490 g/mol. The van der Waals surface area contributed by atoms with E-state index in [-0.39, 0.29) is 18.5 Å². The smallest absolute Gasteiger partial charge is 0.251 e. The molecule has 5 rings (SSSR count). The van der Waals surface area contributed by atoms with Crippen molar-refractivity contribution in [3.05, 3.63) is 93.3 Å². The number of ether oxygens (including phenoxy) is 2. The summed E-state index contributed by atoms with van der Waals surface area (Å²) in [6, 6.07) is 17.4. The Balaban J connectivity index is 1.34. The van der Waals surface area contributed by atoms with Crippen LogP contribution in [0.5, 0.6) is 11.5 Å². The van der Waals surface area contributed by atoms with Gasteiger partial charge in [-0.15, -0.1) is 11.3 Å². The van der Waals surface area contributed by atoms with E-state index >= 15 is 0 Å². The molecule has 8 nitrogen and oxygen atoms in total. The first-order valence-corrected chi connectivity index (χ1v) is 12.2. The van der Waals surface area contributed by atoms with Gasteiger partial charge in [0, 0.05) is 17.0 Å². The van der Waals surface area contributed by atoms with Gasteiger partial charge in [0.25, 0.3) is 5.91 Å². The average molecular weight is 491 g/mol. The van der Waals surface area contributed by atoms with Crippen molar-refractivity contribution in [3.8, 4) is 11.5 Å². The first-order chi connectivity index (χ1) is 17.2. The van der Waals surface area contributed by atoms with Crippen LogP contribution in [0.1, 0.15) is 44.1 Å². The van der Waals surface area contributed by atoms with Gasteiger partial charge in [-0.05, 0) is 53.3 Å². The summed E-state index contributed by atoms with van der Waals surface area (Å²) in [5.74, 6) is 2.24. The van der Waals surface area contributed by atoms with Crippen molar-refractivity contribution >= 4 is 17.2 Å². The van der Waals surface area contributed by atoms with E-state index < -0.39 is 0 Å². The maximum Gasteiger partial charge on any atom is 0.251 e. The Morgan fingerprint density at radius 2 is 1.94 bits per heavy atom. The van der Waals surface area contributed by atoms with E-state index in [0.29, 0.717) is 29.6 Å². The molecule has 2 aromatic heterocycles. The fraction of sp³-hybridized carbons (Fsp3) is 0.269. The molecule has 180 valence electrons. The second-order valence-electron chi connectivity index (χ2n) is 8.20. The molecular weight excluding hydrogens is 464 g/mol. The minimum atomic E-state index is -0.174. The second kappa shape index (κ2) is 10.3. The molecular formula is C26H26N4O4S. The minimum absolute atomic E-state index is 0.0340. The zero-order valence-corrected chi connectivity index (χ0v) is 20.4. The van der Waals surface area contributed by atoms with Crippen LogP contribution in [-0.2, 0) is 19.5 Å². The van der Waals surface area contributed by atoms with Crippen LogP contribution in [-0.4, -0.2) is 41.7 Å². The molecule has 0 spiro atoms. The van der Waals surface area contributed by atoms with Crippen LogP contribution in [0.25, 0.3) is 0 Å². The number of benzene rings is 2. The van der Waals surface area contributed by atoms with Gasteiger partial charge in [0.15, 0.2) is 17.3 Å². The van der Waals surface area contributed by atoms with Gasteiger partial charge in [-0.3, -0.25) is 9.69 Å². The number of nitrogens with zero attached hydrogens (tertiary/aromatic N) is 3. The van der Waals surface area contributed by atoms with E-state index in [4.69, 9.17) is 14.0 Å². The van der Waals surface area contributed by atoms with Gasteiger partial charge in [-0.2, -0.15) is 4.98 Å². The van der Waals surface area contributed by atoms with Gasteiger partial charge in [-0.1, -0.05) is 29.4 Å². The van der Waals surface area contributed by atoms with E-state index in [1.54, 1.807) is 37.7 Å². The molecule has 35 heavy (non-hydrogen) atoms. The Morgan fingerprint density at radius 3 is 2.69 bits per heavy atom. The van der Waals surface area contributed by atoms with Gasteiger partial charge in [0.2, 0.25) is 5.89 Å². The molecule has 0 radical (unpaired) electrons. The van der Waals surface area contributed by atoms with Gasteiger partial charge < -0.3 is 19.3 Å². The molecule has 9 heteroatoms. The molecule has 0 fully saturated rings. The van der Waals surface area contributed by atoms with Gasteiger partial charge in [0.1, 0.15) is 0 Å². The molecule has 4 aromatic rings. The molecule has 2 aromatic carbocycles. The summed E-state index contributed by atoms with van der Waals surface area (Å²) < 4.78 is 16.7. The Labute approximate surface area is 207 Å². The Morgan fingerprint density at radius 1 is 1.14 bits per heavy atom. The summed E-state index contributed by atoms with van der Waals surface area (Å²) in [6.07, 6.45) is 0.867. The van der Waals surface area contributed by atoms with Crippen LogP contribution < -0.4 is 14.8 Å². The molecule has 0 unspecified atom stereocenters. The molecule has 1 atom stereocenters. The number of amides is 1. The van der Waals surface area contributed by atoms with E-state index in [1.165, 1.54) is 16.0 Å². The largest absolute Gasteiger partial charge is 0.493 e. The number of thiophene rings is 1. The summed E-state index contributed by atoms with van der Waals surface area (Å²) in [7, 11) is 3.31. The third-order valence-electron chi connectivity index (χ3n) is 6.08. The van der Waals surface area contributed by atoms with Crippen LogP contribution in [0.4, 0.5) is 0 Å². The molecule has 1 aliphatic heterocycles. The van der Waals surface area contributed by atoms with Gasteiger partial charge in [-0.25, -0.2) is 0 Å². The van der Waals surface area contributed by atoms with E-state index in [2.05, 4.69) is 50.0 Å². The summed E-state index contributed by atoms with van der Waals surface area (Å²) in [5.41, 5.74) is 3.02. The maximum atomic E-state index is 12.3. The van der Waals surface area contributed by atoms with E-state index in [9.17, 15) is 4.79 Å². The molecule has 0 saturated carbocycles. The predicted molar refractivity (Wildman–Crippen MR) is 132 cm³/mol. The number of rotatable bonds is 8. The lowest BCUT2D eigenvalue weighted by Crippen LogP contribution is -2.35. The SMILES string of the molecule is COc1cc2c(cc1OC)[C@@H](c1cccs1)N(Cc1nc(CNC(=O)c3ccccc3)no1)CC2. The Hall–Kier alpha value is -3.69. The summed E-state index contributed by atoms with van der Waals surface area (Å²) in [5, 5.41) is 8.99. The highest BCUT2D eigenvalue weighted by atomic mass is 32.1. The van der Waals surface area contributed by atoms with E-state index in [0.717, 1.165) is 18.7 Å². The third kappa shape index (κ3) is 4.91. The first-order valence-electron chi connectivity index (χ1n) is 11.3. The number of nitrogens with one attached hydrogen (secondary N) is 1. The highest BCUT2D eigenvalue weighted by molar-refractivity contribution is 7.10. The topological polar surface area (TPSA) is 89.7 Å². The standard InChI is InChI=1S/C26H26N4O4S/c1-32-20-13-18-10-11-30(25(22-9-6-12-35-22)19(18)14-21(20)33-2)16-24-28-23(29-34-24)15-27-26(31)17-7-4-3-5-8-17/h3-9,12-14,25H,10-11,15-16H2,1-2H3,(H,27,31)/t25-/m0/s1. The van der Waals surface area contributed by atoms with Crippen LogP contribution in [0.15, 0.2) is 64.5 Å². The maximum absolute atomic E-state index is 12.3. The number of carbonyl (C=O) groups is 1. The molecule has 1 N–H and O–H groups in total. The number of fused-ring (bicyclic) bond motifs is 1. The molecule has 0 saturated heterocycles. The zero-order chi connectivity index (χ0) is 24.2. The third-order valence-corrected chi connectivity index (χ3v) is 7.00. The summed E-state index contributed by atoms with van der Waals surface area (Å²) in [6.45, 7) is 1.52. The number of methoxy groups -OCH3 is 2. The molecule has 0 bridgehead atoms. The van der Waals surface area contributed by atoms with Crippen LogP contribution in [0, 0.1) is 0 Å². The zero-order valence-electron chi connectivity index (χ0n) is 19.6. The fourth-order valence-corrected chi connectivity index (χ4v) is 5.28. The lowest BCUT2D eigenvalue weighted by Gasteiger charge is -2.36. The molecule has 0 aliphatic carbocycles. The van der Waals surface area contributed by atoms with Crippen molar-refractivity contribution in [2.24, 2.45) is 0 Å². The van der Waals surface area contributed by atoms with Crippen molar-refractivity contribution in [3.63, 3.8) is 0 Å². The van der Waals surface area contributed by atoms with Crippen LogP contribution >= 0.6 is 11.3 Å². The Kier molecular flexibility index (Phi) is 6.78. The van der Waals surface area contributed by atoms with Crippen molar-refractivity contribution in [1.82, 2.24) is 20.4 Å². The summed E-state index contributed by atoms with van der Waals surface area (Å²) in [4.78, 5) is 20.4. The van der Waals surface area contributed by atoms with Gasteiger partial charge in [0.05, 0.1) is 33.4 Å². The van der Waals surface area contributed by atoms with Crippen molar-refractivity contribution < 1.29 is 18.8 Å². The highest BCUT2D eigenvalue weighted by Crippen LogP contribution is 2.42. The lowest BCUT2D eigenvalue weighted by molar-refractivity contribution is 0.0949. The second-order valence-corrected chi connectivity index (χ2v) is 9.18. The lowest BCUT2D eigenvalue weighted by atomic mass is 9.91. The predicted octanol–water partition coefficient (Wildman–Crippen LogP) is 4.23. The average Bonchev–Trinajstić information content (AvgIpc) is 3.59. The number of hydrogen-bond acceptors (Lipinski definition) is 8. The van der Waals surface area contributed by atoms with Crippen molar-refractivity contribution in [2.75, 3.05) is 20.8 Å². The quantitative estimate of drug-likeness (QED) is 0.395. The number of hydrogen-bond donors (Lipinski definition) is 1. The van der Waals surface area contributed by atoms with Crippen molar-refractivity contribution in [2.45, 2.75) is 25.6 Å². The van der Waals surface area contributed by atoms with E-state index in [1.807, 2.05) is 18.2 Å². The van der Waals surface area contributed by atoms with Crippen LogP contribution in [0.2, 0.25) is 0 Å². The first kappa shape index (κ1) is 23.1. The van der Waals surface area contributed by atoms with Crippen molar-refractivity contribution in [1.29, 1.82) is 0 Å². The van der Waals surface area contributed by atoms with Gasteiger partial charge >= 0.3 is 0 Å². The Bertz CT molecular complexity index is 1290. The number of carbonyl (C=O) groups excluding carboxylic acids is 1. The molecule has 3 heterocycles. The fourth-order valence-electron chi connectivity index (χ4n) is 4.40. The number of aromatic nitrogens is 2. The minimum Gasteiger partial charge on any atom is -0.493 e. The molecule has 1 amide bonds. The highest BCUT2D eigenvalue weighted by Gasteiger charge is 2.32. The normalized spacial score (nSPS) is 15.4. The summed E-state index contributed by atoms with van der Waals surface area (Å²) >= 11 is 1.72.